The van der Waals surface area contributed by atoms with Crippen molar-refractivity contribution in [2.45, 2.75) is 13.5 Å². The Kier molecular flexibility index (Phi) is 4.11. The van der Waals surface area contributed by atoms with Gasteiger partial charge in [0.15, 0.2) is 23.3 Å². The lowest BCUT2D eigenvalue weighted by Crippen LogP contribution is -2.10. The summed E-state index contributed by atoms with van der Waals surface area (Å²) in [6, 6.07) is 3.88. The first-order chi connectivity index (χ1) is 9.82. The second kappa shape index (κ2) is 5.67. The highest BCUT2D eigenvalue weighted by Gasteiger charge is 2.25. The van der Waals surface area contributed by atoms with Gasteiger partial charge in [0.1, 0.15) is 11.5 Å². The van der Waals surface area contributed by atoms with Crippen LogP contribution in [-0.4, -0.2) is 0 Å². The monoisotopic (exact) mass is 305 g/mol. The third kappa shape index (κ3) is 2.81. The van der Waals surface area contributed by atoms with Crippen molar-refractivity contribution < 1.29 is 26.3 Å². The molecule has 0 aliphatic rings. The molecule has 0 fully saturated rings. The van der Waals surface area contributed by atoms with E-state index in [0.29, 0.717) is 11.1 Å². The van der Waals surface area contributed by atoms with E-state index in [2.05, 4.69) is 5.32 Å². The van der Waals surface area contributed by atoms with Gasteiger partial charge in [-0.2, -0.15) is 0 Å². The van der Waals surface area contributed by atoms with Crippen LogP contribution < -0.4 is 5.32 Å². The Morgan fingerprint density at radius 2 is 1.33 bits per heavy atom. The van der Waals surface area contributed by atoms with E-state index in [9.17, 15) is 26.3 Å². The summed E-state index contributed by atoms with van der Waals surface area (Å²) in [5, 5.41) is 2.13. The Hall–Kier alpha value is -2.18. The van der Waals surface area contributed by atoms with Crippen LogP contribution >= 0.6 is 0 Å². The third-order valence-corrected chi connectivity index (χ3v) is 2.90. The van der Waals surface area contributed by atoms with Gasteiger partial charge in [-0.15, -0.1) is 0 Å². The number of anilines is 1. The molecule has 0 saturated carbocycles. The van der Waals surface area contributed by atoms with Gasteiger partial charge in [-0.3, -0.25) is 0 Å². The number of hydrogen-bond donors (Lipinski definition) is 1. The van der Waals surface area contributed by atoms with Crippen LogP contribution in [0.25, 0.3) is 0 Å². The summed E-state index contributed by atoms with van der Waals surface area (Å²) in [5.41, 5.74) is -0.391. The molecule has 0 bridgehead atoms. The van der Waals surface area contributed by atoms with Crippen LogP contribution in [-0.2, 0) is 6.54 Å². The van der Waals surface area contributed by atoms with Crippen molar-refractivity contribution >= 4 is 5.69 Å². The Labute approximate surface area is 116 Å². The largest absolute Gasteiger partial charge is 0.376 e. The minimum absolute atomic E-state index is 0.223. The quantitative estimate of drug-likeness (QED) is 0.502. The van der Waals surface area contributed by atoms with Crippen molar-refractivity contribution in [3.8, 4) is 0 Å². The number of hydrogen-bond acceptors (Lipinski definition) is 1. The molecule has 0 atom stereocenters. The fourth-order valence-corrected chi connectivity index (χ4v) is 1.77. The molecular weight excluding hydrogens is 296 g/mol. The van der Waals surface area contributed by atoms with Crippen LogP contribution in [0.15, 0.2) is 18.2 Å². The van der Waals surface area contributed by atoms with Crippen molar-refractivity contribution in [1.82, 2.24) is 0 Å². The van der Waals surface area contributed by atoms with E-state index < -0.39 is 40.6 Å². The fraction of sp³-hybridized carbons (Fsp3) is 0.143. The van der Waals surface area contributed by atoms with Gasteiger partial charge in [0.25, 0.3) is 0 Å². The molecule has 112 valence electrons. The van der Waals surface area contributed by atoms with Crippen molar-refractivity contribution in [2.24, 2.45) is 0 Å². The molecule has 0 radical (unpaired) electrons. The number of halogens is 6. The average Bonchev–Trinajstić information content (AvgIpc) is 2.46. The summed E-state index contributed by atoms with van der Waals surface area (Å²) in [6.45, 7) is 1.26. The van der Waals surface area contributed by atoms with Gasteiger partial charge in [0, 0.05) is 6.54 Å². The van der Waals surface area contributed by atoms with Gasteiger partial charge in [-0.1, -0.05) is 12.1 Å². The second-order valence-corrected chi connectivity index (χ2v) is 4.38. The molecule has 7 heteroatoms. The molecule has 0 amide bonds. The van der Waals surface area contributed by atoms with Gasteiger partial charge < -0.3 is 5.32 Å². The van der Waals surface area contributed by atoms with E-state index in [1.165, 1.54) is 19.1 Å². The van der Waals surface area contributed by atoms with Crippen molar-refractivity contribution in [1.29, 1.82) is 0 Å². The van der Waals surface area contributed by atoms with E-state index in [0.717, 1.165) is 6.07 Å². The van der Waals surface area contributed by atoms with E-state index in [4.69, 9.17) is 0 Å². The fourth-order valence-electron chi connectivity index (χ4n) is 1.77. The van der Waals surface area contributed by atoms with E-state index >= 15 is 0 Å². The lowest BCUT2D eigenvalue weighted by molar-refractivity contribution is 0.381. The summed E-state index contributed by atoms with van der Waals surface area (Å²) >= 11 is 0. The van der Waals surface area contributed by atoms with Crippen molar-refractivity contribution in [3.63, 3.8) is 0 Å². The maximum absolute atomic E-state index is 13.4. The molecular formula is C14H9F6N. The molecule has 1 N–H and O–H groups in total. The highest BCUT2D eigenvalue weighted by atomic mass is 19.2. The maximum Gasteiger partial charge on any atom is 0.200 e. The summed E-state index contributed by atoms with van der Waals surface area (Å²) in [5.74, 6) is -10.6. The van der Waals surface area contributed by atoms with E-state index in [1.807, 2.05) is 0 Å². The molecule has 0 saturated heterocycles. The van der Waals surface area contributed by atoms with Crippen LogP contribution in [0, 0.1) is 41.8 Å². The minimum atomic E-state index is -2.21. The van der Waals surface area contributed by atoms with Crippen LogP contribution in [0.1, 0.15) is 11.1 Å². The normalized spacial score (nSPS) is 10.8. The van der Waals surface area contributed by atoms with Crippen LogP contribution in [0.5, 0.6) is 0 Å². The number of nitrogens with one attached hydrogen (secondary N) is 1. The first kappa shape index (κ1) is 15.2. The third-order valence-electron chi connectivity index (χ3n) is 2.90. The Bertz CT molecular complexity index is 669. The molecule has 1 nitrogen and oxygen atoms in total. The zero-order valence-electron chi connectivity index (χ0n) is 10.7. The Morgan fingerprint density at radius 3 is 1.86 bits per heavy atom. The Balaban J connectivity index is 2.30. The first-order valence-corrected chi connectivity index (χ1v) is 5.83. The standard InChI is InChI=1S/C14H9F6N/c1-6-4-7(2-3-8(6)15)5-21-14-12(19)10(17)9(16)11(18)13(14)20/h2-4,21H,5H2,1H3. The Morgan fingerprint density at radius 1 is 0.810 bits per heavy atom. The maximum atomic E-state index is 13.4. The zero-order valence-corrected chi connectivity index (χ0v) is 10.7. The van der Waals surface area contributed by atoms with E-state index in [1.54, 1.807) is 0 Å². The number of aryl methyl sites for hydroxylation is 1. The highest BCUT2D eigenvalue weighted by molar-refractivity contribution is 5.48. The van der Waals surface area contributed by atoms with Crippen LogP contribution in [0.2, 0.25) is 0 Å². The molecule has 2 aromatic carbocycles. The topological polar surface area (TPSA) is 12.0 Å². The predicted octanol–water partition coefficient (Wildman–Crippen LogP) is 4.44. The van der Waals surface area contributed by atoms with Crippen molar-refractivity contribution in [3.05, 3.63) is 64.2 Å². The highest BCUT2D eigenvalue weighted by Crippen LogP contribution is 2.27. The number of rotatable bonds is 3. The second-order valence-electron chi connectivity index (χ2n) is 4.38. The van der Waals surface area contributed by atoms with Gasteiger partial charge in [-0.25, -0.2) is 26.3 Å². The summed E-state index contributed by atoms with van der Waals surface area (Å²) in [7, 11) is 0. The van der Waals surface area contributed by atoms with Crippen LogP contribution in [0.4, 0.5) is 32.0 Å². The van der Waals surface area contributed by atoms with Gasteiger partial charge >= 0.3 is 0 Å². The first-order valence-electron chi connectivity index (χ1n) is 5.83. The van der Waals surface area contributed by atoms with Gasteiger partial charge in [-0.05, 0) is 24.1 Å². The molecule has 2 rings (SSSR count). The zero-order chi connectivity index (χ0) is 15.7. The lowest BCUT2D eigenvalue weighted by atomic mass is 10.1. The number of benzene rings is 2. The summed E-state index contributed by atoms with van der Waals surface area (Å²) < 4.78 is 78.7. The predicted molar refractivity (Wildman–Crippen MR) is 64.7 cm³/mol. The molecule has 0 spiro atoms. The molecule has 0 aliphatic heterocycles. The summed E-state index contributed by atoms with van der Waals surface area (Å²) in [4.78, 5) is 0. The molecule has 21 heavy (non-hydrogen) atoms. The SMILES string of the molecule is Cc1cc(CNc2c(F)c(F)c(F)c(F)c2F)ccc1F. The van der Waals surface area contributed by atoms with Gasteiger partial charge in [0.2, 0.25) is 5.82 Å². The summed E-state index contributed by atoms with van der Waals surface area (Å²) in [6.07, 6.45) is 0. The van der Waals surface area contributed by atoms with Crippen LogP contribution in [0.3, 0.4) is 0 Å². The smallest absolute Gasteiger partial charge is 0.200 e. The average molecular weight is 305 g/mol. The molecule has 0 aromatic heterocycles. The molecule has 2 aromatic rings. The molecule has 0 unspecified atom stereocenters. The molecule has 0 aliphatic carbocycles. The lowest BCUT2D eigenvalue weighted by Gasteiger charge is -2.11. The van der Waals surface area contributed by atoms with E-state index in [-0.39, 0.29) is 6.54 Å². The van der Waals surface area contributed by atoms with Gasteiger partial charge in [0.05, 0.1) is 0 Å². The molecule has 0 heterocycles. The minimum Gasteiger partial charge on any atom is -0.376 e. The van der Waals surface area contributed by atoms with Crippen molar-refractivity contribution in [2.75, 3.05) is 5.32 Å².